The van der Waals surface area contributed by atoms with Gasteiger partial charge in [0.15, 0.2) is 5.76 Å². The van der Waals surface area contributed by atoms with Crippen LogP contribution in [-0.2, 0) is 11.3 Å². The molecule has 24 heavy (non-hydrogen) atoms. The van der Waals surface area contributed by atoms with Gasteiger partial charge in [0, 0.05) is 11.0 Å². The maximum Gasteiger partial charge on any atom is 0.339 e. The fraction of sp³-hybridized carbons (Fsp3) is 0.111. The molecule has 0 bridgehead atoms. The molecule has 3 aromatic rings. The highest BCUT2D eigenvalue weighted by atomic mass is 32.2. The van der Waals surface area contributed by atoms with Gasteiger partial charge in [0.1, 0.15) is 18.1 Å². The van der Waals surface area contributed by atoms with Gasteiger partial charge in [-0.25, -0.2) is 9.18 Å². The van der Waals surface area contributed by atoms with Gasteiger partial charge in [-0.15, -0.1) is 11.8 Å². The monoisotopic (exact) mass is 343 g/mol. The van der Waals surface area contributed by atoms with Crippen molar-refractivity contribution in [2.45, 2.75) is 11.5 Å². The van der Waals surface area contributed by atoms with Gasteiger partial charge in [0.25, 0.3) is 0 Å². The number of carbonyl (C=O) groups excluding carboxylic acids is 1. The third-order valence-corrected chi connectivity index (χ3v) is 4.17. The van der Waals surface area contributed by atoms with Crippen molar-refractivity contribution < 1.29 is 18.4 Å². The number of hydrogen-bond acceptors (Lipinski definition) is 5. The van der Waals surface area contributed by atoms with Crippen LogP contribution in [-0.4, -0.2) is 17.4 Å². The van der Waals surface area contributed by atoms with Crippen LogP contribution in [0.4, 0.5) is 4.39 Å². The van der Waals surface area contributed by atoms with E-state index < -0.39 is 11.8 Å². The van der Waals surface area contributed by atoms with Crippen LogP contribution in [0.25, 0.3) is 11.3 Å². The number of ether oxygens (including phenoxy) is 1. The molecule has 0 N–H and O–H groups in total. The van der Waals surface area contributed by atoms with Crippen LogP contribution < -0.4 is 0 Å². The molecule has 0 atom stereocenters. The number of aromatic nitrogens is 1. The first-order chi connectivity index (χ1) is 11.7. The molecule has 0 amide bonds. The van der Waals surface area contributed by atoms with Crippen LogP contribution in [0.3, 0.4) is 0 Å². The molecule has 0 aliphatic rings. The molecule has 4 nitrogen and oxygen atoms in total. The van der Waals surface area contributed by atoms with Crippen molar-refractivity contribution in [2.75, 3.05) is 6.26 Å². The molecule has 122 valence electrons. The van der Waals surface area contributed by atoms with Crippen LogP contribution in [0.15, 0.2) is 64.0 Å². The van der Waals surface area contributed by atoms with Crippen molar-refractivity contribution in [3.63, 3.8) is 0 Å². The van der Waals surface area contributed by atoms with Gasteiger partial charge >= 0.3 is 5.97 Å². The lowest BCUT2D eigenvalue weighted by Gasteiger charge is -2.06. The number of hydrogen-bond donors (Lipinski definition) is 0. The second kappa shape index (κ2) is 7.31. The fourth-order valence-corrected chi connectivity index (χ4v) is 2.78. The number of rotatable bonds is 5. The lowest BCUT2D eigenvalue weighted by atomic mass is 10.1. The molecular weight excluding hydrogens is 329 g/mol. The number of halogens is 1. The lowest BCUT2D eigenvalue weighted by molar-refractivity contribution is 0.0460. The minimum Gasteiger partial charge on any atom is -0.455 e. The van der Waals surface area contributed by atoms with Gasteiger partial charge in [-0.3, -0.25) is 0 Å². The first kappa shape index (κ1) is 16.3. The third kappa shape index (κ3) is 3.49. The molecule has 0 spiro atoms. The van der Waals surface area contributed by atoms with Gasteiger partial charge in [0.2, 0.25) is 0 Å². The molecule has 0 unspecified atom stereocenters. The highest BCUT2D eigenvalue weighted by Gasteiger charge is 2.15. The second-order valence-electron chi connectivity index (χ2n) is 4.94. The van der Waals surface area contributed by atoms with Crippen LogP contribution in [0.1, 0.15) is 16.1 Å². The smallest absolute Gasteiger partial charge is 0.339 e. The highest BCUT2D eigenvalue weighted by molar-refractivity contribution is 7.98. The molecule has 0 aliphatic heterocycles. The van der Waals surface area contributed by atoms with Crippen LogP contribution in [0, 0.1) is 5.82 Å². The van der Waals surface area contributed by atoms with E-state index in [4.69, 9.17) is 9.26 Å². The number of benzene rings is 2. The molecule has 2 aromatic carbocycles. The Kier molecular flexibility index (Phi) is 4.96. The van der Waals surface area contributed by atoms with E-state index in [0.29, 0.717) is 22.6 Å². The van der Waals surface area contributed by atoms with Crippen molar-refractivity contribution in [3.8, 4) is 11.3 Å². The maximum atomic E-state index is 13.7. The molecule has 3 rings (SSSR count). The van der Waals surface area contributed by atoms with Crippen molar-refractivity contribution in [2.24, 2.45) is 0 Å². The largest absolute Gasteiger partial charge is 0.455 e. The Morgan fingerprint density at radius 3 is 2.75 bits per heavy atom. The summed E-state index contributed by atoms with van der Waals surface area (Å²) in [5, 5.41) is 3.82. The van der Waals surface area contributed by atoms with Gasteiger partial charge < -0.3 is 9.26 Å². The first-order valence-electron chi connectivity index (χ1n) is 7.19. The SMILES string of the molecule is CSc1ccccc1C(=O)OCc1cc(-c2ccccc2F)on1. The molecule has 0 radical (unpaired) electrons. The fourth-order valence-electron chi connectivity index (χ4n) is 2.20. The molecule has 0 saturated carbocycles. The number of thioether (sulfide) groups is 1. The summed E-state index contributed by atoms with van der Waals surface area (Å²) in [6.07, 6.45) is 1.89. The lowest BCUT2D eigenvalue weighted by Crippen LogP contribution is -2.06. The van der Waals surface area contributed by atoms with Crippen molar-refractivity contribution in [1.82, 2.24) is 5.16 Å². The normalized spacial score (nSPS) is 10.6. The molecular formula is C18H14FNO3S. The molecule has 0 fully saturated rings. The van der Waals surface area contributed by atoms with Gasteiger partial charge in [-0.05, 0) is 30.5 Å². The van der Waals surface area contributed by atoms with E-state index in [0.717, 1.165) is 4.90 Å². The van der Waals surface area contributed by atoms with Crippen LogP contribution >= 0.6 is 11.8 Å². The Morgan fingerprint density at radius 2 is 1.96 bits per heavy atom. The van der Waals surface area contributed by atoms with E-state index in [-0.39, 0.29) is 6.61 Å². The van der Waals surface area contributed by atoms with Crippen LogP contribution in [0.2, 0.25) is 0 Å². The van der Waals surface area contributed by atoms with Crippen molar-refractivity contribution in [3.05, 3.63) is 71.7 Å². The van der Waals surface area contributed by atoms with E-state index in [9.17, 15) is 9.18 Å². The van der Waals surface area contributed by atoms with Gasteiger partial charge in [0.05, 0.1) is 11.1 Å². The van der Waals surface area contributed by atoms with Crippen LogP contribution in [0.5, 0.6) is 0 Å². The predicted molar refractivity (Wildman–Crippen MR) is 89.2 cm³/mol. The summed E-state index contributed by atoms with van der Waals surface area (Å²) in [6, 6.07) is 15.0. The molecule has 6 heteroatoms. The highest BCUT2D eigenvalue weighted by Crippen LogP contribution is 2.24. The zero-order valence-corrected chi connectivity index (χ0v) is 13.7. The van der Waals surface area contributed by atoms with E-state index >= 15 is 0 Å². The Bertz CT molecular complexity index is 863. The van der Waals surface area contributed by atoms with E-state index in [1.807, 2.05) is 18.4 Å². The zero-order valence-electron chi connectivity index (χ0n) is 12.9. The van der Waals surface area contributed by atoms with E-state index in [1.54, 1.807) is 36.4 Å². The van der Waals surface area contributed by atoms with Gasteiger partial charge in [-0.1, -0.05) is 29.4 Å². The summed E-state index contributed by atoms with van der Waals surface area (Å²) >= 11 is 1.47. The predicted octanol–water partition coefficient (Wildman–Crippen LogP) is 4.56. The number of nitrogens with zero attached hydrogens (tertiary/aromatic N) is 1. The minimum atomic E-state index is -0.435. The number of carbonyl (C=O) groups is 1. The van der Waals surface area contributed by atoms with E-state index in [1.165, 1.54) is 17.8 Å². The quantitative estimate of drug-likeness (QED) is 0.502. The summed E-state index contributed by atoms with van der Waals surface area (Å²) in [7, 11) is 0. The first-order valence-corrected chi connectivity index (χ1v) is 8.42. The number of esters is 1. The third-order valence-electron chi connectivity index (χ3n) is 3.38. The summed E-state index contributed by atoms with van der Waals surface area (Å²) in [6.45, 7) is -0.0422. The summed E-state index contributed by atoms with van der Waals surface area (Å²) in [5.74, 6) is -0.537. The van der Waals surface area contributed by atoms with Crippen molar-refractivity contribution >= 4 is 17.7 Å². The minimum absolute atomic E-state index is 0.0422. The molecule has 0 aliphatic carbocycles. The maximum absolute atomic E-state index is 13.7. The molecule has 1 aromatic heterocycles. The zero-order chi connectivity index (χ0) is 16.9. The Hall–Kier alpha value is -2.60. The average Bonchev–Trinajstić information content (AvgIpc) is 3.08. The summed E-state index contributed by atoms with van der Waals surface area (Å²) in [5.41, 5.74) is 1.24. The van der Waals surface area contributed by atoms with E-state index in [2.05, 4.69) is 5.16 Å². The topological polar surface area (TPSA) is 52.3 Å². The molecule has 1 heterocycles. The summed E-state index contributed by atoms with van der Waals surface area (Å²) < 4.78 is 24.1. The van der Waals surface area contributed by atoms with Gasteiger partial charge in [-0.2, -0.15) is 0 Å². The summed E-state index contributed by atoms with van der Waals surface area (Å²) in [4.78, 5) is 13.0. The second-order valence-corrected chi connectivity index (χ2v) is 5.79. The Balaban J connectivity index is 1.70. The standard InChI is InChI=1S/C18H14FNO3S/c1-24-17-9-5-3-7-14(17)18(21)22-11-12-10-16(23-20-12)13-6-2-4-8-15(13)19/h2-10H,11H2,1H3. The Labute approximate surface area is 142 Å². The van der Waals surface area contributed by atoms with Crippen molar-refractivity contribution in [1.29, 1.82) is 0 Å². The average molecular weight is 343 g/mol. The Morgan fingerprint density at radius 1 is 1.21 bits per heavy atom. The molecule has 0 saturated heterocycles.